The fourth-order valence-corrected chi connectivity index (χ4v) is 1.98. The first kappa shape index (κ1) is 13.7. The molecule has 96 valence electrons. The van der Waals surface area contributed by atoms with Crippen LogP contribution >= 0.6 is 0 Å². The van der Waals surface area contributed by atoms with Crippen LogP contribution in [-0.4, -0.2) is 32.9 Å². The zero-order chi connectivity index (χ0) is 13.1. The molecule has 0 aliphatic carbocycles. The number of carboxylic acids is 1. The first-order chi connectivity index (χ1) is 7.89. The number of carboxylic acid groups (broad SMARTS) is 1. The number of aromatic nitrogens is 2. The molecule has 0 fully saturated rings. The third-order valence-electron chi connectivity index (χ3n) is 2.92. The van der Waals surface area contributed by atoms with Crippen molar-refractivity contribution in [1.82, 2.24) is 15.1 Å². The molecule has 5 nitrogen and oxygen atoms in total. The number of aliphatic carboxylic acids is 1. The van der Waals surface area contributed by atoms with Gasteiger partial charge in [0.15, 0.2) is 0 Å². The molecule has 2 unspecified atom stereocenters. The van der Waals surface area contributed by atoms with Crippen molar-refractivity contribution in [2.45, 2.75) is 45.7 Å². The van der Waals surface area contributed by atoms with Gasteiger partial charge >= 0.3 is 5.97 Å². The van der Waals surface area contributed by atoms with Gasteiger partial charge in [0.05, 0.1) is 12.2 Å². The Labute approximate surface area is 102 Å². The van der Waals surface area contributed by atoms with E-state index in [-0.39, 0.29) is 6.04 Å². The van der Waals surface area contributed by atoms with Crippen LogP contribution in [0.3, 0.4) is 0 Å². The van der Waals surface area contributed by atoms with Crippen LogP contribution in [0.5, 0.6) is 0 Å². The fourth-order valence-electron chi connectivity index (χ4n) is 1.98. The molecule has 0 amide bonds. The van der Waals surface area contributed by atoms with E-state index in [4.69, 9.17) is 0 Å². The second-order valence-electron chi connectivity index (χ2n) is 4.72. The Morgan fingerprint density at radius 3 is 2.76 bits per heavy atom. The van der Waals surface area contributed by atoms with Gasteiger partial charge in [0.2, 0.25) is 0 Å². The number of hydrogen-bond donors (Lipinski definition) is 2. The highest BCUT2D eigenvalue weighted by atomic mass is 16.4. The lowest BCUT2D eigenvalue weighted by Gasteiger charge is -2.28. The molecule has 1 rings (SSSR count). The standard InChI is InChI=1S/C12H21N3O2/c1-5-13-12(4,11(16)17)6-10(3)15-8-9(2)7-14-15/h7-8,10,13H,5-6H2,1-4H3,(H,16,17). The van der Waals surface area contributed by atoms with E-state index in [2.05, 4.69) is 10.4 Å². The Bertz CT molecular complexity index is 389. The normalized spacial score (nSPS) is 16.5. The Morgan fingerprint density at radius 2 is 2.35 bits per heavy atom. The number of nitrogens with one attached hydrogen (secondary N) is 1. The maximum absolute atomic E-state index is 11.3. The van der Waals surface area contributed by atoms with Crippen molar-refractivity contribution in [2.24, 2.45) is 0 Å². The van der Waals surface area contributed by atoms with Gasteiger partial charge in [-0.1, -0.05) is 6.92 Å². The highest BCUT2D eigenvalue weighted by Gasteiger charge is 2.34. The van der Waals surface area contributed by atoms with Crippen LogP contribution in [0.25, 0.3) is 0 Å². The van der Waals surface area contributed by atoms with E-state index in [1.54, 1.807) is 13.1 Å². The topological polar surface area (TPSA) is 67.2 Å². The van der Waals surface area contributed by atoms with Crippen LogP contribution in [0.4, 0.5) is 0 Å². The molecule has 0 aromatic carbocycles. The fraction of sp³-hybridized carbons (Fsp3) is 0.667. The predicted octanol–water partition coefficient (Wildman–Crippen LogP) is 1.60. The molecular weight excluding hydrogens is 218 g/mol. The van der Waals surface area contributed by atoms with Gasteiger partial charge in [0.1, 0.15) is 5.54 Å². The number of aryl methyl sites for hydroxylation is 1. The van der Waals surface area contributed by atoms with E-state index >= 15 is 0 Å². The van der Waals surface area contributed by atoms with Crippen LogP contribution in [-0.2, 0) is 4.79 Å². The number of nitrogens with zero attached hydrogens (tertiary/aromatic N) is 2. The molecule has 0 bridgehead atoms. The molecule has 5 heteroatoms. The Balaban J connectivity index is 2.77. The summed E-state index contributed by atoms with van der Waals surface area (Å²) in [7, 11) is 0. The van der Waals surface area contributed by atoms with Crippen LogP contribution in [0.2, 0.25) is 0 Å². The number of hydrogen-bond acceptors (Lipinski definition) is 3. The highest BCUT2D eigenvalue weighted by Crippen LogP contribution is 2.21. The van der Waals surface area contributed by atoms with Gasteiger partial charge in [-0.05, 0) is 39.3 Å². The summed E-state index contributed by atoms with van der Waals surface area (Å²) in [5, 5.41) is 16.5. The van der Waals surface area contributed by atoms with Crippen LogP contribution in [0.1, 0.15) is 38.8 Å². The first-order valence-electron chi connectivity index (χ1n) is 5.88. The summed E-state index contributed by atoms with van der Waals surface area (Å²) < 4.78 is 1.81. The van der Waals surface area contributed by atoms with Crippen molar-refractivity contribution in [2.75, 3.05) is 6.54 Å². The summed E-state index contributed by atoms with van der Waals surface area (Å²) in [5.41, 5.74) is 0.172. The van der Waals surface area contributed by atoms with Crippen molar-refractivity contribution in [3.05, 3.63) is 18.0 Å². The number of rotatable bonds is 6. The van der Waals surface area contributed by atoms with Crippen molar-refractivity contribution in [3.8, 4) is 0 Å². The van der Waals surface area contributed by atoms with E-state index in [1.807, 2.05) is 31.6 Å². The van der Waals surface area contributed by atoms with E-state index in [1.165, 1.54) is 0 Å². The lowest BCUT2D eigenvalue weighted by Crippen LogP contribution is -2.50. The lowest BCUT2D eigenvalue weighted by molar-refractivity contribution is -0.144. The smallest absolute Gasteiger partial charge is 0.323 e. The van der Waals surface area contributed by atoms with E-state index in [0.29, 0.717) is 13.0 Å². The SMILES string of the molecule is CCNC(C)(CC(C)n1cc(C)cn1)C(=O)O. The molecule has 1 aromatic heterocycles. The first-order valence-corrected chi connectivity index (χ1v) is 5.88. The Morgan fingerprint density at radius 1 is 1.71 bits per heavy atom. The Hall–Kier alpha value is -1.36. The molecule has 0 saturated carbocycles. The third kappa shape index (κ3) is 3.30. The number of carbonyl (C=O) groups is 1. The summed E-state index contributed by atoms with van der Waals surface area (Å²) in [6, 6.07) is 0.0452. The molecule has 1 aromatic rings. The van der Waals surface area contributed by atoms with Gasteiger partial charge in [-0.2, -0.15) is 5.10 Å². The Kier molecular flexibility index (Phi) is 4.28. The largest absolute Gasteiger partial charge is 0.480 e. The second kappa shape index (κ2) is 5.31. The van der Waals surface area contributed by atoms with E-state index < -0.39 is 11.5 Å². The van der Waals surface area contributed by atoms with Crippen molar-refractivity contribution < 1.29 is 9.90 Å². The zero-order valence-corrected chi connectivity index (χ0v) is 10.9. The van der Waals surface area contributed by atoms with Gasteiger partial charge < -0.3 is 10.4 Å². The average molecular weight is 239 g/mol. The minimum atomic E-state index is -0.909. The maximum Gasteiger partial charge on any atom is 0.323 e. The zero-order valence-electron chi connectivity index (χ0n) is 10.9. The lowest BCUT2D eigenvalue weighted by atomic mass is 9.93. The summed E-state index contributed by atoms with van der Waals surface area (Å²) in [5.74, 6) is -0.824. The van der Waals surface area contributed by atoms with Crippen molar-refractivity contribution >= 4 is 5.97 Å². The van der Waals surface area contributed by atoms with Gasteiger partial charge in [-0.3, -0.25) is 9.48 Å². The molecule has 0 aliphatic heterocycles. The van der Waals surface area contributed by atoms with Crippen LogP contribution in [0, 0.1) is 6.92 Å². The monoisotopic (exact) mass is 239 g/mol. The molecule has 17 heavy (non-hydrogen) atoms. The molecular formula is C12H21N3O2. The van der Waals surface area contributed by atoms with Gasteiger partial charge in [-0.15, -0.1) is 0 Å². The summed E-state index contributed by atoms with van der Waals surface area (Å²) in [6.45, 7) is 8.20. The summed E-state index contributed by atoms with van der Waals surface area (Å²) in [6.07, 6.45) is 4.21. The molecule has 0 aliphatic rings. The second-order valence-corrected chi connectivity index (χ2v) is 4.72. The van der Waals surface area contributed by atoms with E-state index in [9.17, 15) is 9.90 Å². The molecule has 0 saturated heterocycles. The van der Waals surface area contributed by atoms with Crippen molar-refractivity contribution in [3.63, 3.8) is 0 Å². The summed E-state index contributed by atoms with van der Waals surface area (Å²) in [4.78, 5) is 11.3. The van der Waals surface area contributed by atoms with E-state index in [0.717, 1.165) is 5.56 Å². The predicted molar refractivity (Wildman–Crippen MR) is 66.0 cm³/mol. The molecule has 2 N–H and O–H groups in total. The molecule has 1 heterocycles. The molecule has 2 atom stereocenters. The number of likely N-dealkylation sites (N-methyl/N-ethyl adjacent to an activating group) is 1. The minimum Gasteiger partial charge on any atom is -0.480 e. The highest BCUT2D eigenvalue weighted by molar-refractivity contribution is 5.78. The average Bonchev–Trinajstić information content (AvgIpc) is 2.65. The quantitative estimate of drug-likeness (QED) is 0.791. The van der Waals surface area contributed by atoms with Crippen molar-refractivity contribution in [1.29, 1.82) is 0 Å². The van der Waals surface area contributed by atoms with Gasteiger partial charge in [0, 0.05) is 6.20 Å². The maximum atomic E-state index is 11.3. The summed E-state index contributed by atoms with van der Waals surface area (Å²) >= 11 is 0. The van der Waals surface area contributed by atoms with Gasteiger partial charge in [0.25, 0.3) is 0 Å². The minimum absolute atomic E-state index is 0.0452. The molecule has 0 spiro atoms. The van der Waals surface area contributed by atoms with Crippen LogP contribution in [0.15, 0.2) is 12.4 Å². The molecule has 0 radical (unpaired) electrons. The van der Waals surface area contributed by atoms with Gasteiger partial charge in [-0.25, -0.2) is 0 Å². The van der Waals surface area contributed by atoms with Crippen LogP contribution < -0.4 is 5.32 Å². The third-order valence-corrected chi connectivity index (χ3v) is 2.92.